The number of rotatable bonds is 4. The summed E-state index contributed by atoms with van der Waals surface area (Å²) >= 11 is 0. The van der Waals surface area contributed by atoms with Gasteiger partial charge in [-0.2, -0.15) is 0 Å². The third-order valence-corrected chi connectivity index (χ3v) is 4.19. The number of anilines is 1. The van der Waals surface area contributed by atoms with Gasteiger partial charge >= 0.3 is 0 Å². The fraction of sp³-hybridized carbons (Fsp3) is 0.316. The van der Waals surface area contributed by atoms with E-state index in [2.05, 4.69) is 17.3 Å². The standard InChI is InChI=1S/C19H22N2O2/c1-21-13-11-15(12-14-21)19(22)20-16-7-9-18(10-8-16)23-17-5-3-2-4-6-17/h2-10,15H,11-14H2,1H3,(H,20,22). The number of carbonyl (C=O) groups is 1. The van der Waals surface area contributed by atoms with Gasteiger partial charge in [0.05, 0.1) is 0 Å². The number of nitrogens with zero attached hydrogens (tertiary/aromatic N) is 1. The summed E-state index contributed by atoms with van der Waals surface area (Å²) in [6, 6.07) is 17.2. The van der Waals surface area contributed by atoms with Gasteiger partial charge in [0.25, 0.3) is 0 Å². The number of likely N-dealkylation sites (tertiary alicyclic amines) is 1. The molecule has 0 bridgehead atoms. The largest absolute Gasteiger partial charge is 0.457 e. The van der Waals surface area contributed by atoms with Crippen LogP contribution in [0.1, 0.15) is 12.8 Å². The Morgan fingerprint density at radius 3 is 2.26 bits per heavy atom. The van der Waals surface area contributed by atoms with Gasteiger partial charge in [-0.05, 0) is 69.4 Å². The van der Waals surface area contributed by atoms with Gasteiger partial charge < -0.3 is 15.0 Å². The van der Waals surface area contributed by atoms with Gasteiger partial charge in [-0.25, -0.2) is 0 Å². The van der Waals surface area contributed by atoms with Crippen LogP contribution in [0.15, 0.2) is 54.6 Å². The Hall–Kier alpha value is -2.33. The number of carbonyl (C=O) groups excluding carboxylic acids is 1. The molecule has 0 unspecified atom stereocenters. The third kappa shape index (κ3) is 4.33. The van der Waals surface area contributed by atoms with Gasteiger partial charge in [-0.15, -0.1) is 0 Å². The highest BCUT2D eigenvalue weighted by atomic mass is 16.5. The molecule has 3 rings (SSSR count). The molecule has 0 saturated carbocycles. The highest BCUT2D eigenvalue weighted by Crippen LogP contribution is 2.24. The Bertz CT molecular complexity index is 632. The van der Waals surface area contributed by atoms with Crippen molar-refractivity contribution in [1.82, 2.24) is 4.90 Å². The van der Waals surface area contributed by atoms with Crippen LogP contribution in [0.3, 0.4) is 0 Å². The van der Waals surface area contributed by atoms with E-state index in [0.717, 1.165) is 43.1 Å². The Morgan fingerprint density at radius 2 is 1.61 bits per heavy atom. The zero-order valence-electron chi connectivity index (χ0n) is 13.4. The van der Waals surface area contributed by atoms with Crippen molar-refractivity contribution in [2.24, 2.45) is 5.92 Å². The van der Waals surface area contributed by atoms with Crippen molar-refractivity contribution >= 4 is 11.6 Å². The summed E-state index contributed by atoms with van der Waals surface area (Å²) in [6.45, 7) is 1.98. The molecular weight excluding hydrogens is 288 g/mol. The van der Waals surface area contributed by atoms with E-state index in [9.17, 15) is 4.79 Å². The molecule has 0 radical (unpaired) electrons. The highest BCUT2D eigenvalue weighted by Gasteiger charge is 2.23. The van der Waals surface area contributed by atoms with E-state index in [4.69, 9.17) is 4.74 Å². The zero-order valence-corrected chi connectivity index (χ0v) is 13.4. The molecule has 4 nitrogen and oxygen atoms in total. The molecule has 2 aromatic carbocycles. The van der Waals surface area contributed by atoms with Crippen LogP contribution in [-0.2, 0) is 4.79 Å². The van der Waals surface area contributed by atoms with Crippen LogP contribution in [0.5, 0.6) is 11.5 Å². The number of hydrogen-bond acceptors (Lipinski definition) is 3. The molecule has 4 heteroatoms. The van der Waals surface area contributed by atoms with Crippen molar-refractivity contribution in [3.05, 3.63) is 54.6 Å². The van der Waals surface area contributed by atoms with Crippen molar-refractivity contribution in [2.45, 2.75) is 12.8 Å². The Labute approximate surface area is 137 Å². The normalized spacial score (nSPS) is 16.0. The molecule has 1 aliphatic rings. The topological polar surface area (TPSA) is 41.6 Å². The fourth-order valence-electron chi connectivity index (χ4n) is 2.75. The summed E-state index contributed by atoms with van der Waals surface area (Å²) < 4.78 is 5.75. The fourth-order valence-corrected chi connectivity index (χ4v) is 2.75. The van der Waals surface area contributed by atoms with Crippen molar-refractivity contribution in [3.8, 4) is 11.5 Å². The summed E-state index contributed by atoms with van der Waals surface area (Å²) in [5.74, 6) is 1.80. The minimum Gasteiger partial charge on any atom is -0.457 e. The zero-order chi connectivity index (χ0) is 16.1. The van der Waals surface area contributed by atoms with E-state index in [0.29, 0.717) is 0 Å². The lowest BCUT2D eigenvalue weighted by molar-refractivity contribution is -0.121. The molecule has 0 atom stereocenters. The molecule has 1 saturated heterocycles. The van der Waals surface area contributed by atoms with Gasteiger partial charge in [0, 0.05) is 11.6 Å². The number of benzene rings is 2. The third-order valence-electron chi connectivity index (χ3n) is 4.19. The second-order valence-electron chi connectivity index (χ2n) is 6.01. The van der Waals surface area contributed by atoms with Crippen LogP contribution >= 0.6 is 0 Å². The average molecular weight is 310 g/mol. The Morgan fingerprint density at radius 1 is 1.00 bits per heavy atom. The minimum atomic E-state index is 0.117. The van der Waals surface area contributed by atoms with E-state index >= 15 is 0 Å². The number of piperidine rings is 1. The number of nitrogens with one attached hydrogen (secondary N) is 1. The quantitative estimate of drug-likeness (QED) is 0.935. The van der Waals surface area contributed by atoms with Crippen LogP contribution in [0, 0.1) is 5.92 Å². The molecule has 120 valence electrons. The number of para-hydroxylation sites is 1. The molecule has 0 aromatic heterocycles. The van der Waals surface area contributed by atoms with E-state index in [1.165, 1.54) is 0 Å². The lowest BCUT2D eigenvalue weighted by Crippen LogP contribution is -2.35. The predicted molar refractivity (Wildman–Crippen MR) is 91.8 cm³/mol. The summed E-state index contributed by atoms with van der Waals surface area (Å²) in [5.41, 5.74) is 0.814. The SMILES string of the molecule is CN1CCC(C(=O)Nc2ccc(Oc3ccccc3)cc2)CC1. The lowest BCUT2D eigenvalue weighted by Gasteiger charge is -2.28. The first-order chi connectivity index (χ1) is 11.2. The Kier molecular flexibility index (Phi) is 4.93. The Balaban J connectivity index is 1.56. The molecule has 1 amide bonds. The van der Waals surface area contributed by atoms with Crippen molar-refractivity contribution in [3.63, 3.8) is 0 Å². The summed E-state index contributed by atoms with van der Waals surface area (Å²) in [7, 11) is 2.10. The lowest BCUT2D eigenvalue weighted by atomic mass is 9.96. The maximum atomic E-state index is 12.3. The molecule has 2 aromatic rings. The molecule has 1 N–H and O–H groups in total. The van der Waals surface area contributed by atoms with E-state index in [1.54, 1.807) is 0 Å². The first-order valence-electron chi connectivity index (χ1n) is 8.03. The van der Waals surface area contributed by atoms with E-state index in [1.807, 2.05) is 54.6 Å². The molecule has 1 aliphatic heterocycles. The monoisotopic (exact) mass is 310 g/mol. The molecule has 1 heterocycles. The first-order valence-corrected chi connectivity index (χ1v) is 8.03. The maximum absolute atomic E-state index is 12.3. The minimum absolute atomic E-state index is 0.117. The van der Waals surface area contributed by atoms with Crippen molar-refractivity contribution in [1.29, 1.82) is 0 Å². The molecule has 0 spiro atoms. The first kappa shape index (κ1) is 15.6. The van der Waals surface area contributed by atoms with Crippen LogP contribution in [0.25, 0.3) is 0 Å². The smallest absolute Gasteiger partial charge is 0.227 e. The summed E-state index contributed by atoms with van der Waals surface area (Å²) in [5, 5.41) is 3.00. The van der Waals surface area contributed by atoms with Crippen molar-refractivity contribution < 1.29 is 9.53 Å². The molecule has 23 heavy (non-hydrogen) atoms. The van der Waals surface area contributed by atoms with Gasteiger partial charge in [-0.1, -0.05) is 18.2 Å². The maximum Gasteiger partial charge on any atom is 0.227 e. The van der Waals surface area contributed by atoms with E-state index < -0.39 is 0 Å². The van der Waals surface area contributed by atoms with Gasteiger partial charge in [0.15, 0.2) is 0 Å². The predicted octanol–water partition coefficient (Wildman–Crippen LogP) is 3.76. The van der Waals surface area contributed by atoms with Crippen LogP contribution in [-0.4, -0.2) is 30.9 Å². The second kappa shape index (κ2) is 7.29. The van der Waals surface area contributed by atoms with E-state index in [-0.39, 0.29) is 11.8 Å². The van der Waals surface area contributed by atoms with Gasteiger partial charge in [0.1, 0.15) is 11.5 Å². The van der Waals surface area contributed by atoms with Crippen LogP contribution < -0.4 is 10.1 Å². The highest BCUT2D eigenvalue weighted by molar-refractivity contribution is 5.92. The van der Waals surface area contributed by atoms with Crippen LogP contribution in [0.2, 0.25) is 0 Å². The molecule has 0 aliphatic carbocycles. The summed E-state index contributed by atoms with van der Waals surface area (Å²) in [6.07, 6.45) is 1.86. The van der Waals surface area contributed by atoms with Crippen molar-refractivity contribution in [2.75, 3.05) is 25.5 Å². The molecular formula is C19H22N2O2. The number of hydrogen-bond donors (Lipinski definition) is 1. The number of ether oxygens (including phenoxy) is 1. The summed E-state index contributed by atoms with van der Waals surface area (Å²) in [4.78, 5) is 14.6. The molecule has 1 fully saturated rings. The van der Waals surface area contributed by atoms with Gasteiger partial charge in [0.2, 0.25) is 5.91 Å². The average Bonchev–Trinajstić information content (AvgIpc) is 2.58. The number of amides is 1. The van der Waals surface area contributed by atoms with Gasteiger partial charge in [-0.3, -0.25) is 4.79 Å². The second-order valence-corrected chi connectivity index (χ2v) is 6.01. The van der Waals surface area contributed by atoms with Crippen LogP contribution in [0.4, 0.5) is 5.69 Å².